The van der Waals surface area contributed by atoms with Crippen molar-refractivity contribution in [3.05, 3.63) is 52.7 Å². The van der Waals surface area contributed by atoms with Gasteiger partial charge in [-0.15, -0.1) is 0 Å². The zero-order valence-electron chi connectivity index (χ0n) is 12.9. The van der Waals surface area contributed by atoms with E-state index < -0.39 is 0 Å². The number of nitrogens with zero attached hydrogens (tertiary/aromatic N) is 2. The normalized spacial score (nSPS) is 14.7. The van der Waals surface area contributed by atoms with Crippen LogP contribution in [0.2, 0.25) is 0 Å². The minimum atomic E-state index is 0.535. The van der Waals surface area contributed by atoms with Crippen molar-refractivity contribution in [3.63, 3.8) is 0 Å². The highest BCUT2D eigenvalue weighted by Crippen LogP contribution is 2.34. The summed E-state index contributed by atoms with van der Waals surface area (Å²) < 4.78 is 0. The van der Waals surface area contributed by atoms with Crippen LogP contribution in [0.5, 0.6) is 0 Å². The van der Waals surface area contributed by atoms with Gasteiger partial charge in [-0.3, -0.25) is 0 Å². The average molecular weight is 281 g/mol. The predicted octanol–water partition coefficient (Wildman–Crippen LogP) is 3.63. The zero-order chi connectivity index (χ0) is 14.8. The van der Waals surface area contributed by atoms with E-state index in [4.69, 9.17) is 10.7 Å². The first-order valence-corrected chi connectivity index (χ1v) is 7.73. The van der Waals surface area contributed by atoms with E-state index >= 15 is 0 Å². The molecular formula is C18H23N3. The lowest BCUT2D eigenvalue weighted by atomic mass is 10.1. The molecule has 2 aromatic rings. The monoisotopic (exact) mass is 281 g/mol. The van der Waals surface area contributed by atoms with Crippen molar-refractivity contribution in [1.82, 2.24) is 4.98 Å². The van der Waals surface area contributed by atoms with Crippen LogP contribution in [0.1, 0.15) is 35.2 Å². The van der Waals surface area contributed by atoms with Crippen molar-refractivity contribution in [2.45, 2.75) is 39.7 Å². The van der Waals surface area contributed by atoms with Gasteiger partial charge in [-0.2, -0.15) is 0 Å². The number of nitrogens with two attached hydrogens (primary N) is 1. The SMILES string of the molecule is Cc1cc(C)c(CN)c(N2CCCCc3ccccc32)n1. The van der Waals surface area contributed by atoms with Gasteiger partial charge in [-0.1, -0.05) is 18.2 Å². The van der Waals surface area contributed by atoms with Gasteiger partial charge in [-0.05, 0) is 56.4 Å². The van der Waals surface area contributed by atoms with Gasteiger partial charge in [0.2, 0.25) is 0 Å². The Morgan fingerprint density at radius 2 is 2.00 bits per heavy atom. The highest BCUT2D eigenvalue weighted by molar-refractivity contribution is 5.68. The second kappa shape index (κ2) is 5.86. The molecule has 0 saturated heterocycles. The number of benzene rings is 1. The lowest BCUT2D eigenvalue weighted by Gasteiger charge is -2.27. The van der Waals surface area contributed by atoms with Crippen molar-refractivity contribution in [3.8, 4) is 0 Å². The predicted molar refractivity (Wildman–Crippen MR) is 88.0 cm³/mol. The number of aryl methyl sites for hydroxylation is 3. The second-order valence-corrected chi connectivity index (χ2v) is 5.82. The Labute approximate surface area is 126 Å². The number of pyridine rings is 1. The van der Waals surface area contributed by atoms with Gasteiger partial charge in [0.1, 0.15) is 5.82 Å². The number of rotatable bonds is 2. The smallest absolute Gasteiger partial charge is 0.138 e. The molecule has 0 saturated carbocycles. The van der Waals surface area contributed by atoms with Gasteiger partial charge in [0.05, 0.1) is 0 Å². The van der Waals surface area contributed by atoms with Crippen LogP contribution in [0, 0.1) is 13.8 Å². The molecule has 0 spiro atoms. The third kappa shape index (κ3) is 2.66. The minimum absolute atomic E-state index is 0.535. The molecule has 1 aromatic heterocycles. The Morgan fingerprint density at radius 1 is 1.19 bits per heavy atom. The summed E-state index contributed by atoms with van der Waals surface area (Å²) in [5.74, 6) is 1.05. The molecule has 0 fully saturated rings. The van der Waals surface area contributed by atoms with Crippen LogP contribution in [-0.4, -0.2) is 11.5 Å². The molecule has 0 unspecified atom stereocenters. The molecule has 0 amide bonds. The summed E-state index contributed by atoms with van der Waals surface area (Å²) in [6.45, 7) is 5.73. The summed E-state index contributed by atoms with van der Waals surface area (Å²) in [4.78, 5) is 7.18. The molecule has 0 radical (unpaired) electrons. The maximum absolute atomic E-state index is 6.00. The Hall–Kier alpha value is -1.87. The summed E-state index contributed by atoms with van der Waals surface area (Å²) in [5, 5.41) is 0. The van der Waals surface area contributed by atoms with Crippen molar-refractivity contribution in [1.29, 1.82) is 0 Å². The number of fused-ring (bicyclic) bond motifs is 1. The molecule has 3 heteroatoms. The van der Waals surface area contributed by atoms with Gasteiger partial charge in [0.15, 0.2) is 0 Å². The van der Waals surface area contributed by atoms with Gasteiger partial charge in [0.25, 0.3) is 0 Å². The summed E-state index contributed by atoms with van der Waals surface area (Å²) >= 11 is 0. The molecule has 3 nitrogen and oxygen atoms in total. The van der Waals surface area contributed by atoms with E-state index in [-0.39, 0.29) is 0 Å². The average Bonchev–Trinajstić information content (AvgIpc) is 2.68. The second-order valence-electron chi connectivity index (χ2n) is 5.82. The quantitative estimate of drug-likeness (QED) is 0.914. The van der Waals surface area contributed by atoms with E-state index in [1.165, 1.54) is 29.7 Å². The van der Waals surface area contributed by atoms with Crippen LogP contribution in [-0.2, 0) is 13.0 Å². The summed E-state index contributed by atoms with van der Waals surface area (Å²) in [5.41, 5.74) is 12.2. The summed E-state index contributed by atoms with van der Waals surface area (Å²) in [7, 11) is 0. The van der Waals surface area contributed by atoms with Crippen LogP contribution >= 0.6 is 0 Å². The zero-order valence-corrected chi connectivity index (χ0v) is 12.9. The maximum atomic E-state index is 6.00. The number of anilines is 2. The Kier molecular flexibility index (Phi) is 3.93. The van der Waals surface area contributed by atoms with E-state index in [0.717, 1.165) is 30.0 Å². The van der Waals surface area contributed by atoms with E-state index in [1.807, 2.05) is 0 Å². The fourth-order valence-electron chi connectivity index (χ4n) is 3.23. The molecule has 0 aliphatic carbocycles. The molecule has 1 aliphatic rings. The third-order valence-corrected chi connectivity index (χ3v) is 4.27. The summed E-state index contributed by atoms with van der Waals surface area (Å²) in [6.07, 6.45) is 3.57. The lowest BCUT2D eigenvalue weighted by Crippen LogP contribution is -2.22. The minimum Gasteiger partial charge on any atom is -0.326 e. The van der Waals surface area contributed by atoms with Crippen LogP contribution in [0.15, 0.2) is 30.3 Å². The Balaban J connectivity index is 2.16. The lowest BCUT2D eigenvalue weighted by molar-refractivity contribution is 0.754. The first-order chi connectivity index (χ1) is 10.2. The van der Waals surface area contributed by atoms with Crippen LogP contribution in [0.25, 0.3) is 0 Å². The molecular weight excluding hydrogens is 258 g/mol. The van der Waals surface area contributed by atoms with Crippen LogP contribution in [0.3, 0.4) is 0 Å². The van der Waals surface area contributed by atoms with Gasteiger partial charge in [-0.25, -0.2) is 4.98 Å². The molecule has 0 bridgehead atoms. The van der Waals surface area contributed by atoms with Gasteiger partial charge >= 0.3 is 0 Å². The molecule has 0 atom stereocenters. The van der Waals surface area contributed by atoms with E-state index in [2.05, 4.69) is 49.1 Å². The summed E-state index contributed by atoms with van der Waals surface area (Å²) in [6, 6.07) is 10.8. The molecule has 1 aromatic carbocycles. The number of hydrogen-bond acceptors (Lipinski definition) is 3. The van der Waals surface area contributed by atoms with E-state index in [9.17, 15) is 0 Å². The molecule has 2 N–H and O–H groups in total. The fraction of sp³-hybridized carbons (Fsp3) is 0.389. The topological polar surface area (TPSA) is 42.1 Å². The molecule has 110 valence electrons. The Morgan fingerprint density at radius 3 is 2.81 bits per heavy atom. The molecule has 1 aliphatic heterocycles. The number of hydrogen-bond donors (Lipinski definition) is 1. The first-order valence-electron chi connectivity index (χ1n) is 7.73. The number of para-hydroxylation sites is 1. The van der Waals surface area contributed by atoms with Crippen molar-refractivity contribution in [2.75, 3.05) is 11.4 Å². The molecule has 21 heavy (non-hydrogen) atoms. The van der Waals surface area contributed by atoms with E-state index in [1.54, 1.807) is 0 Å². The van der Waals surface area contributed by atoms with Crippen molar-refractivity contribution < 1.29 is 0 Å². The highest BCUT2D eigenvalue weighted by Gasteiger charge is 2.20. The third-order valence-electron chi connectivity index (χ3n) is 4.27. The van der Waals surface area contributed by atoms with E-state index in [0.29, 0.717) is 6.54 Å². The standard InChI is InChI=1S/C18H23N3/c1-13-11-14(2)20-18(16(13)12-19)21-10-6-5-8-15-7-3-4-9-17(15)21/h3-4,7,9,11H,5-6,8,10,12,19H2,1-2H3. The van der Waals surface area contributed by atoms with Crippen molar-refractivity contribution in [2.24, 2.45) is 5.73 Å². The largest absolute Gasteiger partial charge is 0.326 e. The molecule has 3 rings (SSSR count). The Bertz CT molecular complexity index is 649. The first kappa shape index (κ1) is 14.1. The maximum Gasteiger partial charge on any atom is 0.138 e. The highest BCUT2D eigenvalue weighted by atomic mass is 15.2. The fourth-order valence-corrected chi connectivity index (χ4v) is 3.23. The van der Waals surface area contributed by atoms with Gasteiger partial charge in [0, 0.05) is 30.0 Å². The number of aromatic nitrogens is 1. The van der Waals surface area contributed by atoms with Crippen molar-refractivity contribution >= 4 is 11.5 Å². The molecule has 2 heterocycles. The van der Waals surface area contributed by atoms with Crippen LogP contribution in [0.4, 0.5) is 11.5 Å². The van der Waals surface area contributed by atoms with Crippen LogP contribution < -0.4 is 10.6 Å². The van der Waals surface area contributed by atoms with Gasteiger partial charge < -0.3 is 10.6 Å².